The third-order valence-corrected chi connectivity index (χ3v) is 2.88. The van der Waals surface area contributed by atoms with Crippen molar-refractivity contribution in [2.24, 2.45) is 5.92 Å². The van der Waals surface area contributed by atoms with E-state index < -0.39 is 4.92 Å². The first-order valence-electron chi connectivity index (χ1n) is 5.96. The molecule has 1 aromatic heterocycles. The molecule has 1 aromatic rings. The maximum atomic E-state index is 11.0. The van der Waals surface area contributed by atoms with Crippen molar-refractivity contribution in [1.29, 1.82) is 0 Å². The van der Waals surface area contributed by atoms with Gasteiger partial charge in [-0.15, -0.1) is 0 Å². The number of hydrogen-bond acceptors (Lipinski definition) is 5. The molecule has 1 atom stereocenters. The second-order valence-corrected chi connectivity index (χ2v) is 4.93. The summed E-state index contributed by atoms with van der Waals surface area (Å²) < 4.78 is 0. The van der Waals surface area contributed by atoms with Gasteiger partial charge in [-0.3, -0.25) is 10.1 Å². The quantitative estimate of drug-likeness (QED) is 0.642. The lowest BCUT2D eigenvalue weighted by Crippen LogP contribution is -2.31. The molecule has 0 saturated carbocycles. The predicted octanol–water partition coefficient (Wildman–Crippen LogP) is 2.44. The number of nitrogen functional groups attached to an aromatic ring is 1. The maximum absolute atomic E-state index is 11.0. The Kier molecular flexibility index (Phi) is 4.47. The zero-order chi connectivity index (χ0) is 13.9. The Balaban J connectivity index is 3.06. The fourth-order valence-corrected chi connectivity index (χ4v) is 1.91. The van der Waals surface area contributed by atoms with Crippen LogP contribution in [0.5, 0.6) is 0 Å². The van der Waals surface area contributed by atoms with E-state index in [9.17, 15) is 10.1 Å². The van der Waals surface area contributed by atoms with Gasteiger partial charge in [0.05, 0.1) is 4.92 Å². The van der Waals surface area contributed by atoms with Crippen molar-refractivity contribution in [3.8, 4) is 0 Å². The van der Waals surface area contributed by atoms with E-state index in [2.05, 4.69) is 18.8 Å². The largest absolute Gasteiger partial charge is 0.384 e. The van der Waals surface area contributed by atoms with Gasteiger partial charge in [-0.2, -0.15) is 0 Å². The highest BCUT2D eigenvalue weighted by Gasteiger charge is 2.22. The molecule has 0 bridgehead atoms. The molecule has 0 spiro atoms. The van der Waals surface area contributed by atoms with Gasteiger partial charge in [0.2, 0.25) is 5.82 Å². The van der Waals surface area contributed by atoms with Gasteiger partial charge in [0.1, 0.15) is 5.82 Å². The van der Waals surface area contributed by atoms with E-state index in [1.165, 1.54) is 12.1 Å². The molecule has 0 aliphatic carbocycles. The van der Waals surface area contributed by atoms with E-state index in [1.807, 2.05) is 18.9 Å². The van der Waals surface area contributed by atoms with Crippen LogP contribution in [-0.4, -0.2) is 23.0 Å². The minimum atomic E-state index is -0.430. The number of aromatic nitrogens is 1. The third kappa shape index (κ3) is 3.32. The predicted molar refractivity (Wildman–Crippen MR) is 72.6 cm³/mol. The summed E-state index contributed by atoms with van der Waals surface area (Å²) in [6, 6.07) is 3.01. The molecule has 0 aliphatic rings. The fraction of sp³-hybridized carbons (Fsp3) is 0.583. The van der Waals surface area contributed by atoms with Gasteiger partial charge in [0, 0.05) is 19.2 Å². The lowest BCUT2D eigenvalue weighted by Gasteiger charge is -2.27. The summed E-state index contributed by atoms with van der Waals surface area (Å²) in [6.45, 7) is 6.26. The van der Waals surface area contributed by atoms with Crippen LogP contribution in [0.3, 0.4) is 0 Å². The van der Waals surface area contributed by atoms with Crippen LogP contribution < -0.4 is 10.6 Å². The molecule has 0 amide bonds. The Morgan fingerprint density at radius 1 is 1.44 bits per heavy atom. The molecule has 6 heteroatoms. The van der Waals surface area contributed by atoms with Crippen molar-refractivity contribution in [3.05, 3.63) is 22.2 Å². The van der Waals surface area contributed by atoms with E-state index in [0.717, 1.165) is 6.42 Å². The first kappa shape index (κ1) is 14.2. The normalized spacial score (nSPS) is 12.5. The highest BCUT2D eigenvalue weighted by Crippen LogP contribution is 2.28. The third-order valence-electron chi connectivity index (χ3n) is 2.88. The second kappa shape index (κ2) is 5.66. The Hall–Kier alpha value is -1.85. The van der Waals surface area contributed by atoms with Gasteiger partial charge in [0.25, 0.3) is 0 Å². The van der Waals surface area contributed by atoms with Gasteiger partial charge in [-0.25, -0.2) is 4.98 Å². The van der Waals surface area contributed by atoms with Crippen molar-refractivity contribution < 1.29 is 4.92 Å². The molecule has 1 rings (SSSR count). The monoisotopic (exact) mass is 252 g/mol. The molecule has 2 N–H and O–H groups in total. The number of nitrogens with zero attached hydrogens (tertiary/aromatic N) is 3. The average molecular weight is 252 g/mol. The standard InChI is InChI=1S/C12H20N4O2/c1-8(2)7-9(3)15(4)12-10(16(17)18)5-6-11(13)14-12/h5-6,8-9H,7H2,1-4H3,(H2,13,14). The zero-order valence-corrected chi connectivity index (χ0v) is 11.3. The van der Waals surface area contributed by atoms with Gasteiger partial charge in [-0.05, 0) is 25.3 Å². The molecule has 0 radical (unpaired) electrons. The van der Waals surface area contributed by atoms with E-state index >= 15 is 0 Å². The fourth-order valence-electron chi connectivity index (χ4n) is 1.91. The summed E-state index contributed by atoms with van der Waals surface area (Å²) >= 11 is 0. The van der Waals surface area contributed by atoms with Crippen LogP contribution in [0.1, 0.15) is 27.2 Å². The number of nitro groups is 1. The first-order valence-corrected chi connectivity index (χ1v) is 5.96. The molecule has 18 heavy (non-hydrogen) atoms. The molecule has 1 unspecified atom stereocenters. The van der Waals surface area contributed by atoms with Gasteiger partial charge >= 0.3 is 5.69 Å². The van der Waals surface area contributed by atoms with Crippen LogP contribution in [0.15, 0.2) is 12.1 Å². The number of rotatable bonds is 5. The minimum Gasteiger partial charge on any atom is -0.384 e. The average Bonchev–Trinajstić information content (AvgIpc) is 2.26. The highest BCUT2D eigenvalue weighted by atomic mass is 16.6. The van der Waals surface area contributed by atoms with Gasteiger partial charge in [0.15, 0.2) is 0 Å². The Labute approximate surface area is 107 Å². The van der Waals surface area contributed by atoms with E-state index in [1.54, 1.807) is 0 Å². The van der Waals surface area contributed by atoms with E-state index in [4.69, 9.17) is 5.73 Å². The molecule has 0 fully saturated rings. The topological polar surface area (TPSA) is 85.3 Å². The lowest BCUT2D eigenvalue weighted by atomic mass is 10.0. The number of hydrogen-bond donors (Lipinski definition) is 1. The van der Waals surface area contributed by atoms with Crippen molar-refractivity contribution >= 4 is 17.3 Å². The Bertz CT molecular complexity index is 434. The summed E-state index contributed by atoms with van der Waals surface area (Å²) in [5.74, 6) is 1.13. The van der Waals surface area contributed by atoms with Gasteiger partial charge < -0.3 is 10.6 Å². The highest BCUT2D eigenvalue weighted by molar-refractivity contribution is 5.61. The van der Waals surface area contributed by atoms with Crippen LogP contribution in [0, 0.1) is 16.0 Å². The Morgan fingerprint density at radius 2 is 2.06 bits per heavy atom. The van der Waals surface area contributed by atoms with E-state index in [0.29, 0.717) is 17.6 Å². The SMILES string of the molecule is CC(C)CC(C)N(C)c1nc(N)ccc1[N+](=O)[O-]. The molecule has 0 aromatic carbocycles. The number of nitrogens with two attached hydrogens (primary N) is 1. The first-order chi connectivity index (χ1) is 8.32. The second-order valence-electron chi connectivity index (χ2n) is 4.93. The van der Waals surface area contributed by atoms with Crippen LogP contribution in [0.2, 0.25) is 0 Å². The molecule has 6 nitrogen and oxygen atoms in total. The molecule has 1 heterocycles. The summed E-state index contributed by atoms with van der Waals surface area (Å²) in [4.78, 5) is 16.4. The van der Waals surface area contributed by atoms with Gasteiger partial charge in [-0.1, -0.05) is 13.8 Å². The summed E-state index contributed by atoms with van der Waals surface area (Å²) in [6.07, 6.45) is 0.935. The molecule has 100 valence electrons. The van der Waals surface area contributed by atoms with Crippen LogP contribution in [0.4, 0.5) is 17.3 Å². The molecule has 0 aliphatic heterocycles. The Morgan fingerprint density at radius 3 is 2.56 bits per heavy atom. The van der Waals surface area contributed by atoms with Crippen molar-refractivity contribution in [3.63, 3.8) is 0 Å². The van der Waals surface area contributed by atoms with Crippen LogP contribution in [-0.2, 0) is 0 Å². The van der Waals surface area contributed by atoms with Crippen LogP contribution >= 0.6 is 0 Å². The zero-order valence-electron chi connectivity index (χ0n) is 11.3. The van der Waals surface area contributed by atoms with E-state index in [-0.39, 0.29) is 11.7 Å². The summed E-state index contributed by atoms with van der Waals surface area (Å²) in [5.41, 5.74) is 5.59. The van der Waals surface area contributed by atoms with Crippen molar-refractivity contribution in [1.82, 2.24) is 4.98 Å². The van der Waals surface area contributed by atoms with Crippen LogP contribution in [0.25, 0.3) is 0 Å². The summed E-state index contributed by atoms with van der Waals surface area (Å²) in [7, 11) is 1.81. The molecule has 0 saturated heterocycles. The maximum Gasteiger partial charge on any atom is 0.311 e. The molecular formula is C12H20N4O2. The number of pyridine rings is 1. The smallest absolute Gasteiger partial charge is 0.311 e. The molecular weight excluding hydrogens is 232 g/mol. The minimum absolute atomic E-state index is 0.0118. The van der Waals surface area contributed by atoms with Crippen molar-refractivity contribution in [2.45, 2.75) is 33.2 Å². The lowest BCUT2D eigenvalue weighted by molar-refractivity contribution is -0.384. The summed E-state index contributed by atoms with van der Waals surface area (Å²) in [5, 5.41) is 11.0. The number of anilines is 2. The van der Waals surface area contributed by atoms with Crippen molar-refractivity contribution in [2.75, 3.05) is 17.7 Å².